The molecule has 2 amide bonds. The fourth-order valence-corrected chi connectivity index (χ4v) is 2.55. The number of benzene rings is 1. The first kappa shape index (κ1) is 14.3. The molecule has 0 atom stereocenters. The van der Waals surface area contributed by atoms with Gasteiger partial charge in [0.2, 0.25) is 0 Å². The fourth-order valence-electron chi connectivity index (χ4n) is 2.11. The van der Waals surface area contributed by atoms with Crippen molar-refractivity contribution in [2.24, 2.45) is 0 Å². The highest BCUT2D eigenvalue weighted by molar-refractivity contribution is 6.43. The number of nitrogens with zero attached hydrogens (tertiary/aromatic N) is 2. The Bertz CT molecular complexity index is 719. The molecule has 0 bridgehead atoms. The van der Waals surface area contributed by atoms with Crippen LogP contribution in [0.5, 0.6) is 0 Å². The van der Waals surface area contributed by atoms with Crippen molar-refractivity contribution in [3.63, 3.8) is 0 Å². The Morgan fingerprint density at radius 2 is 1.52 bits per heavy atom. The molecule has 0 saturated carbocycles. The minimum atomic E-state index is -0.400. The van der Waals surface area contributed by atoms with Crippen LogP contribution in [0.3, 0.4) is 0 Å². The van der Waals surface area contributed by atoms with Gasteiger partial charge in [-0.15, -0.1) is 0 Å². The third kappa shape index (κ3) is 2.50. The monoisotopic (exact) mass is 340 g/mol. The van der Waals surface area contributed by atoms with Crippen LogP contribution < -0.4 is 0 Å². The minimum Gasteiger partial charge on any atom is -0.270 e. The number of rotatable bonds is 2. The molecule has 3 rings (SSSR count). The third-order valence-corrected chi connectivity index (χ3v) is 4.09. The van der Waals surface area contributed by atoms with E-state index in [4.69, 9.17) is 34.8 Å². The molecular formula is C14H7Cl3N2O2. The first-order valence-electron chi connectivity index (χ1n) is 5.93. The van der Waals surface area contributed by atoms with E-state index in [1.165, 1.54) is 18.3 Å². The van der Waals surface area contributed by atoms with Crippen molar-refractivity contribution < 1.29 is 9.59 Å². The molecule has 2 aromatic rings. The molecule has 0 unspecified atom stereocenters. The van der Waals surface area contributed by atoms with Crippen LogP contribution in [0.2, 0.25) is 15.2 Å². The average molecular weight is 342 g/mol. The van der Waals surface area contributed by atoms with E-state index in [9.17, 15) is 9.59 Å². The van der Waals surface area contributed by atoms with Gasteiger partial charge >= 0.3 is 0 Å². The highest BCUT2D eigenvalue weighted by atomic mass is 35.5. The normalized spacial score (nSPS) is 13.8. The molecule has 1 aromatic carbocycles. The molecule has 0 N–H and O–H groups in total. The maximum Gasteiger partial charge on any atom is 0.261 e. The number of hydrogen-bond acceptors (Lipinski definition) is 3. The Balaban J connectivity index is 1.94. The van der Waals surface area contributed by atoms with Gasteiger partial charge in [-0.3, -0.25) is 14.5 Å². The largest absolute Gasteiger partial charge is 0.270 e. The lowest BCUT2D eigenvalue weighted by molar-refractivity contribution is 0.0642. The number of fused-ring (bicyclic) bond motifs is 1. The average Bonchev–Trinajstić information content (AvgIpc) is 2.67. The lowest BCUT2D eigenvalue weighted by Crippen LogP contribution is -2.29. The zero-order chi connectivity index (χ0) is 15.1. The lowest BCUT2D eigenvalue weighted by Gasteiger charge is -2.13. The zero-order valence-corrected chi connectivity index (χ0v) is 12.7. The molecule has 0 radical (unpaired) electrons. The molecular weight excluding hydrogens is 335 g/mol. The van der Waals surface area contributed by atoms with E-state index in [1.54, 1.807) is 12.1 Å². The number of halogens is 3. The van der Waals surface area contributed by atoms with E-state index in [2.05, 4.69) is 4.98 Å². The SMILES string of the molecule is O=C1c2cc(Cl)c(Cl)cc2C(=O)N1Cc1ccc(Cl)nc1. The molecule has 1 aliphatic rings. The van der Waals surface area contributed by atoms with Gasteiger partial charge in [-0.2, -0.15) is 0 Å². The van der Waals surface area contributed by atoms with E-state index >= 15 is 0 Å². The van der Waals surface area contributed by atoms with Gasteiger partial charge in [0.1, 0.15) is 5.15 Å². The van der Waals surface area contributed by atoms with Gasteiger partial charge in [0.05, 0.1) is 27.7 Å². The predicted molar refractivity (Wildman–Crippen MR) is 79.9 cm³/mol. The van der Waals surface area contributed by atoms with Crippen molar-refractivity contribution in [2.45, 2.75) is 6.54 Å². The van der Waals surface area contributed by atoms with Crippen LogP contribution in [-0.2, 0) is 6.54 Å². The van der Waals surface area contributed by atoms with E-state index in [-0.39, 0.29) is 27.7 Å². The Morgan fingerprint density at radius 3 is 2.00 bits per heavy atom. The van der Waals surface area contributed by atoms with E-state index in [1.807, 2.05) is 0 Å². The second-order valence-corrected chi connectivity index (χ2v) is 5.70. The summed E-state index contributed by atoms with van der Waals surface area (Å²) >= 11 is 17.5. The molecule has 4 nitrogen and oxygen atoms in total. The molecule has 0 aliphatic carbocycles. The molecule has 0 fully saturated rings. The highest BCUT2D eigenvalue weighted by Crippen LogP contribution is 2.32. The molecule has 7 heteroatoms. The van der Waals surface area contributed by atoms with Crippen LogP contribution in [0.1, 0.15) is 26.3 Å². The second-order valence-electron chi connectivity index (χ2n) is 4.50. The molecule has 2 heterocycles. The summed E-state index contributed by atoms with van der Waals surface area (Å²) in [6.45, 7) is 0.117. The van der Waals surface area contributed by atoms with Crippen molar-refractivity contribution in [2.75, 3.05) is 0 Å². The number of imide groups is 1. The minimum absolute atomic E-state index is 0.117. The summed E-state index contributed by atoms with van der Waals surface area (Å²) in [5.41, 5.74) is 1.22. The predicted octanol–water partition coefficient (Wildman–Crippen LogP) is 3.84. The Hall–Kier alpha value is -1.62. The van der Waals surface area contributed by atoms with Gasteiger partial charge in [0.25, 0.3) is 11.8 Å². The fraction of sp³-hybridized carbons (Fsp3) is 0.0714. The van der Waals surface area contributed by atoms with Crippen LogP contribution in [0.25, 0.3) is 0 Å². The van der Waals surface area contributed by atoms with Gasteiger partial charge in [-0.05, 0) is 23.8 Å². The summed E-state index contributed by atoms with van der Waals surface area (Å²) < 4.78 is 0. The first-order valence-corrected chi connectivity index (χ1v) is 7.06. The Kier molecular flexibility index (Phi) is 3.61. The second kappa shape index (κ2) is 5.30. The van der Waals surface area contributed by atoms with Crippen molar-refractivity contribution in [3.05, 3.63) is 62.4 Å². The zero-order valence-electron chi connectivity index (χ0n) is 10.4. The van der Waals surface area contributed by atoms with E-state index in [0.29, 0.717) is 10.7 Å². The topological polar surface area (TPSA) is 50.3 Å². The molecule has 106 valence electrons. The van der Waals surface area contributed by atoms with Crippen LogP contribution >= 0.6 is 34.8 Å². The van der Waals surface area contributed by atoms with Crippen molar-refractivity contribution in [3.8, 4) is 0 Å². The van der Waals surface area contributed by atoms with Crippen LogP contribution in [0.4, 0.5) is 0 Å². The quantitative estimate of drug-likeness (QED) is 0.616. The first-order chi connectivity index (χ1) is 9.97. The Morgan fingerprint density at radius 1 is 0.952 bits per heavy atom. The number of aromatic nitrogens is 1. The molecule has 1 aliphatic heterocycles. The van der Waals surface area contributed by atoms with Gasteiger partial charge in [-0.1, -0.05) is 40.9 Å². The maximum absolute atomic E-state index is 12.3. The van der Waals surface area contributed by atoms with Crippen molar-refractivity contribution >= 4 is 46.6 Å². The van der Waals surface area contributed by atoms with Gasteiger partial charge in [-0.25, -0.2) is 4.98 Å². The Labute approximate surface area is 135 Å². The molecule has 21 heavy (non-hydrogen) atoms. The number of carbonyl (C=O) groups is 2. The standard InChI is InChI=1S/C14H7Cl3N2O2/c15-10-3-8-9(4-11(10)16)14(21)19(13(8)20)6-7-1-2-12(17)18-5-7/h1-5H,6H2. The number of amides is 2. The van der Waals surface area contributed by atoms with Crippen LogP contribution in [-0.4, -0.2) is 21.7 Å². The van der Waals surface area contributed by atoms with Gasteiger partial charge < -0.3 is 0 Å². The summed E-state index contributed by atoms with van der Waals surface area (Å²) in [6, 6.07) is 6.14. The van der Waals surface area contributed by atoms with Gasteiger partial charge in [0.15, 0.2) is 0 Å². The lowest BCUT2D eigenvalue weighted by atomic mass is 10.1. The van der Waals surface area contributed by atoms with Crippen LogP contribution in [0, 0.1) is 0 Å². The highest BCUT2D eigenvalue weighted by Gasteiger charge is 2.36. The van der Waals surface area contributed by atoms with Crippen molar-refractivity contribution in [1.82, 2.24) is 9.88 Å². The van der Waals surface area contributed by atoms with E-state index in [0.717, 1.165) is 4.90 Å². The number of carbonyl (C=O) groups excluding carboxylic acids is 2. The summed E-state index contributed by atoms with van der Waals surface area (Å²) in [6.07, 6.45) is 1.52. The smallest absolute Gasteiger partial charge is 0.261 e. The summed E-state index contributed by atoms with van der Waals surface area (Å²) in [5.74, 6) is -0.799. The van der Waals surface area contributed by atoms with Gasteiger partial charge in [0, 0.05) is 6.20 Å². The number of pyridine rings is 1. The summed E-state index contributed by atoms with van der Waals surface area (Å²) in [7, 11) is 0. The third-order valence-electron chi connectivity index (χ3n) is 3.14. The number of hydrogen-bond donors (Lipinski definition) is 0. The maximum atomic E-state index is 12.3. The molecule has 0 spiro atoms. The summed E-state index contributed by atoms with van der Waals surface area (Å²) in [4.78, 5) is 29.6. The molecule has 0 saturated heterocycles. The molecule has 1 aromatic heterocycles. The van der Waals surface area contributed by atoms with E-state index < -0.39 is 11.8 Å². The summed E-state index contributed by atoms with van der Waals surface area (Å²) in [5, 5.41) is 0.831. The van der Waals surface area contributed by atoms with Crippen LogP contribution in [0.15, 0.2) is 30.5 Å². The van der Waals surface area contributed by atoms with Crippen molar-refractivity contribution in [1.29, 1.82) is 0 Å².